The molecule has 0 amide bonds. The number of benzene rings is 1. The zero-order chi connectivity index (χ0) is 15.1. The van der Waals surface area contributed by atoms with E-state index in [1.54, 1.807) is 0 Å². The summed E-state index contributed by atoms with van der Waals surface area (Å²) in [6.07, 6.45) is 2.40. The number of esters is 1. The molecule has 0 radical (unpaired) electrons. The molecule has 0 aliphatic heterocycles. The first kappa shape index (κ1) is 15.4. The smallest absolute Gasteiger partial charge is 0.302 e. The van der Waals surface area contributed by atoms with Crippen molar-refractivity contribution in [3.8, 4) is 0 Å². The highest BCUT2D eigenvalue weighted by Crippen LogP contribution is 2.30. The standard InChI is InChI=1S/C15H19N3O3/c1-11(19)20-13-9-5-6-10-14(13)21-15(17-18-16)12-7-3-2-4-8-12/h2-4,7-8,13-15H,5-6,9-10H2,1H3/t13-,14-,15?/m1/s1. The molecule has 0 saturated heterocycles. The van der Waals surface area contributed by atoms with Gasteiger partial charge in [-0.2, -0.15) is 0 Å². The third-order valence-corrected chi connectivity index (χ3v) is 3.50. The molecule has 0 heterocycles. The van der Waals surface area contributed by atoms with Crippen LogP contribution in [-0.2, 0) is 14.3 Å². The molecule has 1 aliphatic rings. The van der Waals surface area contributed by atoms with Gasteiger partial charge in [0.05, 0.1) is 6.10 Å². The first-order valence-electron chi connectivity index (χ1n) is 7.12. The Morgan fingerprint density at radius 1 is 1.29 bits per heavy atom. The van der Waals surface area contributed by atoms with Crippen molar-refractivity contribution < 1.29 is 14.3 Å². The van der Waals surface area contributed by atoms with Crippen LogP contribution in [0.5, 0.6) is 0 Å². The van der Waals surface area contributed by atoms with E-state index >= 15 is 0 Å². The fourth-order valence-corrected chi connectivity index (χ4v) is 2.57. The molecule has 112 valence electrons. The minimum atomic E-state index is -0.697. The number of carbonyl (C=O) groups is 1. The molecule has 1 fully saturated rings. The summed E-state index contributed by atoms with van der Waals surface area (Å²) >= 11 is 0. The summed E-state index contributed by atoms with van der Waals surface area (Å²) < 4.78 is 11.3. The quantitative estimate of drug-likeness (QED) is 0.357. The largest absolute Gasteiger partial charge is 0.460 e. The van der Waals surface area contributed by atoms with E-state index in [1.165, 1.54) is 6.92 Å². The molecular formula is C15H19N3O3. The Morgan fingerprint density at radius 2 is 1.95 bits per heavy atom. The molecule has 0 aromatic heterocycles. The number of carbonyl (C=O) groups excluding carboxylic acids is 1. The zero-order valence-electron chi connectivity index (χ0n) is 12.0. The highest BCUT2D eigenvalue weighted by molar-refractivity contribution is 5.66. The van der Waals surface area contributed by atoms with E-state index in [0.29, 0.717) is 0 Å². The third kappa shape index (κ3) is 4.48. The summed E-state index contributed by atoms with van der Waals surface area (Å²) in [5.41, 5.74) is 9.53. The van der Waals surface area contributed by atoms with Crippen molar-refractivity contribution in [2.45, 2.75) is 51.0 Å². The Morgan fingerprint density at radius 3 is 2.57 bits per heavy atom. The maximum Gasteiger partial charge on any atom is 0.302 e. The molecule has 2 rings (SSSR count). The molecule has 1 aromatic rings. The van der Waals surface area contributed by atoms with Crippen LogP contribution in [0.25, 0.3) is 10.4 Å². The second-order valence-electron chi connectivity index (χ2n) is 5.07. The molecule has 1 aromatic carbocycles. The average molecular weight is 289 g/mol. The molecule has 0 N–H and O–H groups in total. The van der Waals surface area contributed by atoms with Crippen molar-refractivity contribution in [2.24, 2.45) is 5.11 Å². The van der Waals surface area contributed by atoms with Gasteiger partial charge in [-0.05, 0) is 30.4 Å². The summed E-state index contributed by atoms with van der Waals surface area (Å²) in [7, 11) is 0. The summed E-state index contributed by atoms with van der Waals surface area (Å²) in [5, 5.41) is 3.72. The Hall–Kier alpha value is -2.04. The Labute approximate surface area is 123 Å². The molecule has 6 heteroatoms. The molecule has 0 spiro atoms. The van der Waals surface area contributed by atoms with Crippen molar-refractivity contribution >= 4 is 5.97 Å². The van der Waals surface area contributed by atoms with Crippen LogP contribution in [0.4, 0.5) is 0 Å². The maximum absolute atomic E-state index is 11.2. The van der Waals surface area contributed by atoms with Gasteiger partial charge < -0.3 is 9.47 Å². The molecule has 1 saturated carbocycles. The molecule has 6 nitrogen and oxygen atoms in total. The molecule has 1 aliphatic carbocycles. The van der Waals surface area contributed by atoms with Crippen LogP contribution in [0.1, 0.15) is 44.4 Å². The first-order chi connectivity index (χ1) is 10.2. The second kappa shape index (κ2) is 7.67. The fraction of sp³-hybridized carbons (Fsp3) is 0.533. The van der Waals surface area contributed by atoms with Gasteiger partial charge in [-0.3, -0.25) is 4.79 Å². The van der Waals surface area contributed by atoms with E-state index in [1.807, 2.05) is 30.3 Å². The maximum atomic E-state index is 11.2. The Balaban J connectivity index is 2.11. The summed E-state index contributed by atoms with van der Waals surface area (Å²) in [6, 6.07) is 9.32. The van der Waals surface area contributed by atoms with Crippen LogP contribution >= 0.6 is 0 Å². The first-order valence-corrected chi connectivity index (χ1v) is 7.12. The van der Waals surface area contributed by atoms with Crippen LogP contribution in [0.2, 0.25) is 0 Å². The number of hydrogen-bond acceptors (Lipinski definition) is 4. The van der Waals surface area contributed by atoms with Crippen molar-refractivity contribution in [3.63, 3.8) is 0 Å². The van der Waals surface area contributed by atoms with E-state index in [9.17, 15) is 4.79 Å². The van der Waals surface area contributed by atoms with Crippen molar-refractivity contribution in [2.75, 3.05) is 0 Å². The van der Waals surface area contributed by atoms with Gasteiger partial charge in [0.25, 0.3) is 0 Å². The van der Waals surface area contributed by atoms with Crippen LogP contribution in [-0.4, -0.2) is 18.2 Å². The van der Waals surface area contributed by atoms with Gasteiger partial charge in [0, 0.05) is 11.8 Å². The van der Waals surface area contributed by atoms with Crippen molar-refractivity contribution in [1.29, 1.82) is 0 Å². The lowest BCUT2D eigenvalue weighted by molar-refractivity contribution is -0.163. The van der Waals surface area contributed by atoms with Crippen LogP contribution < -0.4 is 0 Å². The predicted octanol–water partition coefficient (Wildman–Crippen LogP) is 3.89. The molecule has 1 unspecified atom stereocenters. The number of hydrogen-bond donors (Lipinski definition) is 0. The van der Waals surface area contributed by atoms with Gasteiger partial charge in [0.15, 0.2) is 6.23 Å². The topological polar surface area (TPSA) is 84.3 Å². The van der Waals surface area contributed by atoms with Crippen molar-refractivity contribution in [3.05, 3.63) is 46.3 Å². The number of nitrogens with zero attached hydrogens (tertiary/aromatic N) is 3. The second-order valence-corrected chi connectivity index (χ2v) is 5.07. The minimum Gasteiger partial charge on any atom is -0.460 e. The molecule has 21 heavy (non-hydrogen) atoms. The van der Waals surface area contributed by atoms with Gasteiger partial charge in [0.1, 0.15) is 6.10 Å². The van der Waals surface area contributed by atoms with E-state index in [0.717, 1.165) is 31.2 Å². The Bertz CT molecular complexity index is 514. The number of azide groups is 1. The lowest BCUT2D eigenvalue weighted by atomic mass is 9.94. The monoisotopic (exact) mass is 289 g/mol. The van der Waals surface area contributed by atoms with Gasteiger partial charge in [-0.25, -0.2) is 0 Å². The van der Waals surface area contributed by atoms with Gasteiger partial charge in [-0.15, -0.1) is 0 Å². The van der Waals surface area contributed by atoms with E-state index < -0.39 is 6.23 Å². The van der Waals surface area contributed by atoms with Crippen LogP contribution in [0.15, 0.2) is 35.4 Å². The lowest BCUT2D eigenvalue weighted by Gasteiger charge is -2.32. The van der Waals surface area contributed by atoms with E-state index in [4.69, 9.17) is 15.0 Å². The highest BCUT2D eigenvalue weighted by Gasteiger charge is 2.30. The molecule has 0 bridgehead atoms. The highest BCUT2D eigenvalue weighted by atomic mass is 16.6. The predicted molar refractivity (Wildman–Crippen MR) is 77.2 cm³/mol. The summed E-state index contributed by atoms with van der Waals surface area (Å²) in [6.45, 7) is 1.40. The van der Waals surface area contributed by atoms with Crippen molar-refractivity contribution in [1.82, 2.24) is 0 Å². The molecule has 3 atom stereocenters. The van der Waals surface area contributed by atoms with Gasteiger partial charge in [0.2, 0.25) is 0 Å². The minimum absolute atomic E-state index is 0.238. The number of ether oxygens (including phenoxy) is 2. The SMILES string of the molecule is CC(=O)O[C@@H]1CCCC[C@H]1OC(N=[N+]=[N-])c1ccccc1. The van der Waals surface area contributed by atoms with Crippen LogP contribution in [0.3, 0.4) is 0 Å². The van der Waals surface area contributed by atoms with Gasteiger partial charge >= 0.3 is 5.97 Å². The zero-order valence-corrected chi connectivity index (χ0v) is 12.0. The van der Waals surface area contributed by atoms with E-state index in [-0.39, 0.29) is 18.2 Å². The normalized spacial score (nSPS) is 22.9. The summed E-state index contributed by atoms with van der Waals surface area (Å²) in [4.78, 5) is 14.0. The fourth-order valence-electron chi connectivity index (χ4n) is 2.57. The summed E-state index contributed by atoms with van der Waals surface area (Å²) in [5.74, 6) is -0.310. The Kier molecular flexibility index (Phi) is 5.60. The molecular weight excluding hydrogens is 270 g/mol. The lowest BCUT2D eigenvalue weighted by Crippen LogP contribution is -2.36. The van der Waals surface area contributed by atoms with Gasteiger partial charge in [-0.1, -0.05) is 41.9 Å². The average Bonchev–Trinajstić information content (AvgIpc) is 2.49. The third-order valence-electron chi connectivity index (χ3n) is 3.50. The van der Waals surface area contributed by atoms with E-state index in [2.05, 4.69) is 10.0 Å². The number of rotatable bonds is 5. The van der Waals surface area contributed by atoms with Crippen LogP contribution in [0, 0.1) is 0 Å².